The first-order valence-electron chi connectivity index (χ1n) is 5.58. The van der Waals surface area contributed by atoms with Crippen LogP contribution < -0.4 is 5.32 Å². The Morgan fingerprint density at radius 2 is 2.19 bits per heavy atom. The molecule has 2 N–H and O–H groups in total. The Kier molecular flexibility index (Phi) is 3.09. The lowest BCUT2D eigenvalue weighted by atomic mass is 10.3. The van der Waals surface area contributed by atoms with Gasteiger partial charge in [0.05, 0.1) is 10.9 Å². The first-order chi connectivity index (χ1) is 9.93. The van der Waals surface area contributed by atoms with Crippen LogP contribution in [0.5, 0.6) is 0 Å². The molecule has 0 spiro atoms. The van der Waals surface area contributed by atoms with E-state index in [1.54, 1.807) is 0 Å². The summed E-state index contributed by atoms with van der Waals surface area (Å²) in [5, 5.41) is 8.77. The minimum absolute atomic E-state index is 0.186. The molecule has 0 atom stereocenters. The van der Waals surface area contributed by atoms with Crippen molar-refractivity contribution < 1.29 is 18.0 Å². The Hall–Kier alpha value is -2.49. The standard InChI is InChI=1S/C11H6F3N5OS/c12-11(13,14)8-3-7-6(4-15-8)17-10(21-7)18-9(20)5-1-2-16-19-5/h1-4H,(H,16,19)(H,17,18,20). The summed E-state index contributed by atoms with van der Waals surface area (Å²) in [6.45, 7) is 0. The van der Waals surface area contributed by atoms with E-state index in [0.717, 1.165) is 23.6 Å². The van der Waals surface area contributed by atoms with E-state index in [0.29, 0.717) is 0 Å². The van der Waals surface area contributed by atoms with Crippen molar-refractivity contribution >= 4 is 32.6 Å². The molecule has 3 aromatic rings. The highest BCUT2D eigenvalue weighted by Gasteiger charge is 2.32. The molecule has 0 bridgehead atoms. The van der Waals surface area contributed by atoms with E-state index in [1.807, 2.05) is 0 Å². The minimum Gasteiger partial charge on any atom is -0.296 e. The molecule has 0 aromatic carbocycles. The fourth-order valence-corrected chi connectivity index (χ4v) is 2.46. The van der Waals surface area contributed by atoms with E-state index >= 15 is 0 Å². The number of nitrogens with zero attached hydrogens (tertiary/aromatic N) is 3. The first-order valence-corrected chi connectivity index (χ1v) is 6.39. The number of hydrogen-bond donors (Lipinski definition) is 2. The fraction of sp³-hybridized carbons (Fsp3) is 0.0909. The lowest BCUT2D eigenvalue weighted by Gasteiger charge is -2.03. The normalized spacial score (nSPS) is 11.8. The van der Waals surface area contributed by atoms with Crippen molar-refractivity contribution in [1.82, 2.24) is 20.2 Å². The van der Waals surface area contributed by atoms with E-state index < -0.39 is 17.8 Å². The number of aromatic amines is 1. The van der Waals surface area contributed by atoms with Crippen molar-refractivity contribution in [3.8, 4) is 0 Å². The molecule has 6 nitrogen and oxygen atoms in total. The monoisotopic (exact) mass is 313 g/mol. The van der Waals surface area contributed by atoms with Gasteiger partial charge >= 0.3 is 6.18 Å². The number of halogens is 3. The van der Waals surface area contributed by atoms with Gasteiger partial charge < -0.3 is 0 Å². The average molecular weight is 313 g/mol. The highest BCUT2D eigenvalue weighted by atomic mass is 32.1. The number of H-pyrrole nitrogens is 1. The van der Waals surface area contributed by atoms with Crippen LogP contribution in [0.15, 0.2) is 24.5 Å². The maximum Gasteiger partial charge on any atom is 0.433 e. The molecule has 0 saturated heterocycles. The minimum atomic E-state index is -4.52. The molecule has 0 radical (unpaired) electrons. The van der Waals surface area contributed by atoms with Crippen molar-refractivity contribution in [2.45, 2.75) is 6.18 Å². The van der Waals surface area contributed by atoms with Crippen LogP contribution in [0.4, 0.5) is 18.3 Å². The maximum absolute atomic E-state index is 12.6. The third-order valence-corrected chi connectivity index (χ3v) is 3.46. The SMILES string of the molecule is O=C(Nc1nc2cnc(C(F)(F)F)cc2s1)c1ccn[nH]1. The average Bonchev–Trinajstić information content (AvgIpc) is 3.05. The van der Waals surface area contributed by atoms with Gasteiger partial charge in [0.2, 0.25) is 0 Å². The van der Waals surface area contributed by atoms with Gasteiger partial charge in [-0.1, -0.05) is 11.3 Å². The Morgan fingerprint density at radius 3 is 2.86 bits per heavy atom. The number of carbonyl (C=O) groups is 1. The Bertz CT molecular complexity index is 796. The number of alkyl halides is 3. The Balaban J connectivity index is 1.89. The van der Waals surface area contributed by atoms with Gasteiger partial charge in [-0.05, 0) is 12.1 Å². The van der Waals surface area contributed by atoms with Crippen LogP contribution in [-0.4, -0.2) is 26.1 Å². The maximum atomic E-state index is 12.6. The predicted octanol–water partition coefficient (Wildman–Crippen LogP) is 2.69. The van der Waals surface area contributed by atoms with Crippen molar-refractivity contribution in [1.29, 1.82) is 0 Å². The van der Waals surface area contributed by atoms with Crippen molar-refractivity contribution in [3.05, 3.63) is 35.9 Å². The first kappa shape index (κ1) is 13.5. The van der Waals surface area contributed by atoms with Gasteiger partial charge in [-0.2, -0.15) is 18.3 Å². The number of aromatic nitrogens is 4. The highest BCUT2D eigenvalue weighted by molar-refractivity contribution is 7.22. The number of hydrogen-bond acceptors (Lipinski definition) is 5. The summed E-state index contributed by atoms with van der Waals surface area (Å²) >= 11 is 0.936. The van der Waals surface area contributed by atoms with Crippen LogP contribution in [0.25, 0.3) is 10.2 Å². The lowest BCUT2D eigenvalue weighted by molar-refractivity contribution is -0.141. The topological polar surface area (TPSA) is 83.6 Å². The summed E-state index contributed by atoms with van der Waals surface area (Å²) in [6.07, 6.45) is -2.08. The zero-order valence-electron chi connectivity index (χ0n) is 10.1. The van der Waals surface area contributed by atoms with Gasteiger partial charge in [0, 0.05) is 6.20 Å². The summed E-state index contributed by atoms with van der Waals surface area (Å²) in [6, 6.07) is 2.37. The van der Waals surface area contributed by atoms with Crippen LogP contribution in [-0.2, 0) is 6.18 Å². The number of amides is 1. The fourth-order valence-electron chi connectivity index (χ4n) is 1.59. The van der Waals surface area contributed by atoms with E-state index in [-0.39, 0.29) is 21.0 Å². The molecule has 0 saturated carbocycles. The van der Waals surface area contributed by atoms with Crippen LogP contribution in [0.2, 0.25) is 0 Å². The highest BCUT2D eigenvalue weighted by Crippen LogP contribution is 2.32. The number of carbonyl (C=O) groups excluding carboxylic acids is 1. The second-order valence-electron chi connectivity index (χ2n) is 3.98. The number of thiazole rings is 1. The second-order valence-corrected chi connectivity index (χ2v) is 5.01. The summed E-state index contributed by atoms with van der Waals surface area (Å²) < 4.78 is 38.0. The molecular weight excluding hydrogens is 307 g/mol. The third-order valence-electron chi connectivity index (χ3n) is 2.53. The molecule has 3 rings (SSSR count). The van der Waals surface area contributed by atoms with Gasteiger partial charge in [-0.3, -0.25) is 15.2 Å². The molecule has 0 aliphatic carbocycles. The van der Waals surface area contributed by atoms with Crippen LogP contribution in [0, 0.1) is 0 Å². The quantitative estimate of drug-likeness (QED) is 0.762. The van der Waals surface area contributed by atoms with Gasteiger partial charge in [0.1, 0.15) is 16.9 Å². The second kappa shape index (κ2) is 4.81. The Morgan fingerprint density at radius 1 is 1.38 bits per heavy atom. The Labute approximate surface area is 119 Å². The van der Waals surface area contributed by atoms with Crippen LogP contribution in [0.1, 0.15) is 16.2 Å². The molecule has 10 heteroatoms. The van der Waals surface area contributed by atoms with E-state index in [9.17, 15) is 18.0 Å². The number of nitrogens with one attached hydrogen (secondary N) is 2. The zero-order valence-corrected chi connectivity index (χ0v) is 10.9. The van der Waals surface area contributed by atoms with Gasteiger partial charge in [0.25, 0.3) is 5.91 Å². The largest absolute Gasteiger partial charge is 0.433 e. The van der Waals surface area contributed by atoms with Gasteiger partial charge in [-0.15, -0.1) is 0 Å². The smallest absolute Gasteiger partial charge is 0.296 e. The summed E-state index contributed by atoms with van der Waals surface area (Å²) in [7, 11) is 0. The number of pyridine rings is 1. The van der Waals surface area contributed by atoms with Gasteiger partial charge in [0.15, 0.2) is 5.13 Å². The molecule has 3 aromatic heterocycles. The number of rotatable bonds is 2. The van der Waals surface area contributed by atoms with E-state index in [4.69, 9.17) is 0 Å². The molecular formula is C11H6F3N5OS. The summed E-state index contributed by atoms with van der Waals surface area (Å²) in [5.74, 6) is -0.476. The molecule has 3 heterocycles. The number of anilines is 1. The zero-order chi connectivity index (χ0) is 15.0. The van der Waals surface area contributed by atoms with Crippen LogP contribution in [0.3, 0.4) is 0 Å². The summed E-state index contributed by atoms with van der Waals surface area (Å²) in [5.41, 5.74) is -0.485. The third kappa shape index (κ3) is 2.70. The molecule has 21 heavy (non-hydrogen) atoms. The number of fused-ring (bicyclic) bond motifs is 1. The molecule has 0 fully saturated rings. The molecule has 0 aliphatic heterocycles. The van der Waals surface area contributed by atoms with Gasteiger partial charge in [-0.25, -0.2) is 9.97 Å². The lowest BCUT2D eigenvalue weighted by Crippen LogP contribution is -2.11. The van der Waals surface area contributed by atoms with Crippen molar-refractivity contribution in [3.63, 3.8) is 0 Å². The van der Waals surface area contributed by atoms with Crippen molar-refractivity contribution in [2.75, 3.05) is 5.32 Å². The molecule has 1 amide bonds. The molecule has 0 aliphatic rings. The van der Waals surface area contributed by atoms with E-state index in [1.165, 1.54) is 12.3 Å². The van der Waals surface area contributed by atoms with E-state index in [2.05, 4.69) is 25.5 Å². The predicted molar refractivity (Wildman–Crippen MR) is 69.0 cm³/mol. The summed E-state index contributed by atoms with van der Waals surface area (Å²) in [4.78, 5) is 19.1. The van der Waals surface area contributed by atoms with Crippen molar-refractivity contribution in [2.24, 2.45) is 0 Å². The molecule has 108 valence electrons. The molecule has 0 unspecified atom stereocenters. The van der Waals surface area contributed by atoms with Crippen LogP contribution >= 0.6 is 11.3 Å².